The van der Waals surface area contributed by atoms with Crippen LogP contribution in [0.1, 0.15) is 48.2 Å². The number of hydrogen-bond acceptors (Lipinski definition) is 5. The number of fused-ring (bicyclic) bond motifs is 1. The minimum atomic E-state index is -4.54. The Morgan fingerprint density at radius 1 is 0.950 bits per heavy atom. The van der Waals surface area contributed by atoms with Gasteiger partial charge >= 0.3 is 12.4 Å². The van der Waals surface area contributed by atoms with Crippen molar-refractivity contribution in [3.63, 3.8) is 0 Å². The van der Waals surface area contributed by atoms with Crippen LogP contribution in [0.15, 0.2) is 36.4 Å². The normalized spacial score (nSPS) is 18.1. The first-order chi connectivity index (χ1) is 18.7. The molecule has 1 aromatic heterocycles. The molecule has 1 saturated heterocycles. The highest BCUT2D eigenvalue weighted by atomic mass is 19.4. The van der Waals surface area contributed by atoms with Crippen LogP contribution in [0.5, 0.6) is 0 Å². The van der Waals surface area contributed by atoms with Crippen molar-refractivity contribution in [2.75, 3.05) is 36.4 Å². The molecule has 1 amide bonds. The van der Waals surface area contributed by atoms with Gasteiger partial charge in [0.1, 0.15) is 5.41 Å². The number of nitrogens with one attached hydrogen (secondary N) is 1. The van der Waals surface area contributed by atoms with Crippen LogP contribution in [0.4, 0.5) is 37.8 Å². The molecule has 2 heterocycles. The number of carbonyl (C=O) groups excluding carboxylic acids is 1. The Bertz CT molecular complexity index is 1440. The smallest absolute Gasteiger partial charge is 0.368 e. The molecule has 3 aromatic rings. The number of anilines is 2. The number of aromatic nitrogens is 2. The van der Waals surface area contributed by atoms with Gasteiger partial charge in [0.25, 0.3) is 0 Å². The number of nitrogens with zero attached hydrogens (tertiary/aromatic N) is 4. The van der Waals surface area contributed by atoms with Gasteiger partial charge in [-0.3, -0.25) is 4.79 Å². The maximum atomic E-state index is 13.5. The lowest BCUT2D eigenvalue weighted by atomic mass is 9.97. The van der Waals surface area contributed by atoms with E-state index in [2.05, 4.69) is 15.5 Å². The van der Waals surface area contributed by atoms with Crippen molar-refractivity contribution in [1.29, 1.82) is 0 Å². The Morgan fingerprint density at radius 3 is 2.23 bits per heavy atom. The second-order valence-corrected chi connectivity index (χ2v) is 10.6. The van der Waals surface area contributed by atoms with Gasteiger partial charge in [-0.05, 0) is 62.9 Å². The molecular weight excluding hydrogens is 536 g/mol. The molecule has 40 heavy (non-hydrogen) atoms. The van der Waals surface area contributed by atoms with Gasteiger partial charge in [-0.1, -0.05) is 18.2 Å². The summed E-state index contributed by atoms with van der Waals surface area (Å²) in [4.78, 5) is 16.0. The second kappa shape index (κ2) is 9.81. The van der Waals surface area contributed by atoms with Crippen molar-refractivity contribution in [2.45, 2.75) is 52.0 Å². The minimum Gasteiger partial charge on any atom is -0.368 e. The molecule has 1 aliphatic heterocycles. The lowest BCUT2D eigenvalue weighted by molar-refractivity contribution is -0.198. The molecule has 0 bridgehead atoms. The molecule has 0 spiro atoms. The number of benzene rings is 2. The highest BCUT2D eigenvalue weighted by Gasteiger charge is 2.69. The first kappa shape index (κ1) is 28.0. The number of piperazine rings is 1. The molecule has 2 aliphatic rings. The Labute approximate surface area is 227 Å². The van der Waals surface area contributed by atoms with Gasteiger partial charge in [0, 0.05) is 42.6 Å². The molecule has 6 nitrogen and oxygen atoms in total. The molecule has 2 aromatic carbocycles. The Morgan fingerprint density at radius 2 is 1.62 bits per heavy atom. The summed E-state index contributed by atoms with van der Waals surface area (Å²) >= 11 is 0. The number of hydrogen-bond donors (Lipinski definition) is 1. The highest BCUT2D eigenvalue weighted by Crippen LogP contribution is 2.58. The predicted molar refractivity (Wildman–Crippen MR) is 139 cm³/mol. The number of aryl methyl sites for hydroxylation is 1. The van der Waals surface area contributed by atoms with Gasteiger partial charge in [0.15, 0.2) is 5.82 Å². The standard InChI is InChI=1S/C28H29F6N5O/c1-16-20(5-4-6-23(16)27(29,30)31)17(2)35-24-22-15-19(7-8-21(22)18(3)36-37-24)38-11-13-39(14-12-38)25(40)26(9-10-26)28(32,33)34/h4-8,15,17H,9-14H2,1-3H3,(H,35,37)/t17-/m1/s1. The zero-order valence-electron chi connectivity index (χ0n) is 22.2. The molecule has 0 radical (unpaired) electrons. The van der Waals surface area contributed by atoms with Crippen LogP contribution in [-0.2, 0) is 11.0 Å². The van der Waals surface area contributed by atoms with Crippen molar-refractivity contribution in [3.05, 3.63) is 58.8 Å². The molecule has 2 fully saturated rings. The lowest BCUT2D eigenvalue weighted by Gasteiger charge is -2.38. The van der Waals surface area contributed by atoms with Crippen LogP contribution in [0.2, 0.25) is 0 Å². The SMILES string of the molecule is Cc1c([C@@H](C)Nc2nnc(C)c3ccc(N4CCN(C(=O)C5(C(F)(F)F)CC5)CC4)cc23)cccc1C(F)(F)F. The number of alkyl halides is 6. The summed E-state index contributed by atoms with van der Waals surface area (Å²) in [5.41, 5.74) is -0.826. The topological polar surface area (TPSA) is 61.4 Å². The third-order valence-corrected chi connectivity index (χ3v) is 8.08. The summed E-state index contributed by atoms with van der Waals surface area (Å²) in [5, 5.41) is 13.2. The summed E-state index contributed by atoms with van der Waals surface area (Å²) < 4.78 is 80.7. The van der Waals surface area contributed by atoms with Crippen molar-refractivity contribution in [1.82, 2.24) is 15.1 Å². The van der Waals surface area contributed by atoms with E-state index in [1.54, 1.807) is 19.9 Å². The van der Waals surface area contributed by atoms with Crippen LogP contribution >= 0.6 is 0 Å². The van der Waals surface area contributed by atoms with E-state index in [1.807, 2.05) is 23.1 Å². The first-order valence-electron chi connectivity index (χ1n) is 13.0. The number of rotatable bonds is 5. The fraction of sp³-hybridized carbons (Fsp3) is 0.464. The van der Waals surface area contributed by atoms with Gasteiger partial charge in [-0.25, -0.2) is 0 Å². The van der Waals surface area contributed by atoms with Gasteiger partial charge in [-0.15, -0.1) is 5.10 Å². The fourth-order valence-electron chi connectivity index (χ4n) is 5.51. The monoisotopic (exact) mass is 565 g/mol. The van der Waals surface area contributed by atoms with Crippen LogP contribution < -0.4 is 10.2 Å². The second-order valence-electron chi connectivity index (χ2n) is 10.6. The first-order valence-corrected chi connectivity index (χ1v) is 13.0. The zero-order valence-corrected chi connectivity index (χ0v) is 22.2. The van der Waals surface area contributed by atoms with E-state index in [-0.39, 0.29) is 31.5 Å². The summed E-state index contributed by atoms with van der Waals surface area (Å²) in [6, 6.07) is 9.22. The zero-order chi connectivity index (χ0) is 29.0. The van der Waals surface area contributed by atoms with E-state index < -0.39 is 35.3 Å². The van der Waals surface area contributed by atoms with Crippen molar-refractivity contribution in [2.24, 2.45) is 5.41 Å². The van der Waals surface area contributed by atoms with E-state index >= 15 is 0 Å². The van der Waals surface area contributed by atoms with Gasteiger partial charge in [0.2, 0.25) is 5.91 Å². The van der Waals surface area contributed by atoms with Gasteiger partial charge < -0.3 is 15.1 Å². The summed E-state index contributed by atoms with van der Waals surface area (Å²) in [6.45, 7) is 6.09. The molecule has 1 N–H and O–H groups in total. The van der Waals surface area contributed by atoms with Crippen molar-refractivity contribution < 1.29 is 31.1 Å². The van der Waals surface area contributed by atoms with E-state index in [9.17, 15) is 31.1 Å². The molecule has 214 valence electrons. The van der Waals surface area contributed by atoms with Crippen LogP contribution in [0.25, 0.3) is 10.8 Å². The summed E-state index contributed by atoms with van der Waals surface area (Å²) in [5.74, 6) is -0.434. The van der Waals surface area contributed by atoms with E-state index in [0.29, 0.717) is 35.6 Å². The Hall–Kier alpha value is -3.57. The van der Waals surface area contributed by atoms with E-state index in [4.69, 9.17) is 0 Å². The maximum Gasteiger partial charge on any atom is 0.416 e. The van der Waals surface area contributed by atoms with Gasteiger partial charge in [0.05, 0.1) is 17.3 Å². The summed E-state index contributed by atoms with van der Waals surface area (Å²) in [6.07, 6.45) is -9.32. The van der Waals surface area contributed by atoms with Gasteiger partial charge in [-0.2, -0.15) is 31.4 Å². The Kier molecular flexibility index (Phi) is 6.86. The third-order valence-electron chi connectivity index (χ3n) is 8.08. The molecule has 1 aliphatic carbocycles. The van der Waals surface area contributed by atoms with Crippen LogP contribution in [-0.4, -0.2) is 53.4 Å². The van der Waals surface area contributed by atoms with Crippen molar-refractivity contribution in [3.8, 4) is 0 Å². The number of halogens is 6. The maximum absolute atomic E-state index is 13.5. The van der Waals surface area contributed by atoms with Crippen molar-refractivity contribution >= 4 is 28.2 Å². The largest absolute Gasteiger partial charge is 0.416 e. The average molecular weight is 566 g/mol. The fourth-order valence-corrected chi connectivity index (χ4v) is 5.51. The number of amides is 1. The van der Waals surface area contributed by atoms with Crippen LogP contribution in [0, 0.1) is 19.3 Å². The molecule has 12 heteroatoms. The molecule has 1 saturated carbocycles. The quantitative estimate of drug-likeness (QED) is 0.362. The predicted octanol–water partition coefficient (Wildman–Crippen LogP) is 6.43. The summed E-state index contributed by atoms with van der Waals surface area (Å²) in [7, 11) is 0. The van der Waals surface area contributed by atoms with E-state index in [1.165, 1.54) is 17.9 Å². The molecule has 1 atom stereocenters. The highest BCUT2D eigenvalue weighted by molar-refractivity contribution is 5.95. The van der Waals surface area contributed by atoms with Crippen LogP contribution in [0.3, 0.4) is 0 Å². The molecule has 5 rings (SSSR count). The van der Waals surface area contributed by atoms with E-state index in [0.717, 1.165) is 17.1 Å². The number of carbonyl (C=O) groups is 1. The molecular formula is C28H29F6N5O. The third kappa shape index (κ3) is 4.92. The molecule has 0 unspecified atom stereocenters. The Balaban J connectivity index is 1.37. The minimum absolute atomic E-state index is 0.131. The lowest BCUT2D eigenvalue weighted by Crippen LogP contribution is -2.53. The average Bonchev–Trinajstić information content (AvgIpc) is 3.72.